The van der Waals surface area contributed by atoms with Gasteiger partial charge in [0.15, 0.2) is 0 Å². The van der Waals surface area contributed by atoms with Gasteiger partial charge in [-0.15, -0.1) is 0 Å². The molecule has 1 aliphatic heterocycles. The summed E-state index contributed by atoms with van der Waals surface area (Å²) >= 11 is 0. The molecule has 0 saturated heterocycles. The highest BCUT2D eigenvalue weighted by molar-refractivity contribution is 5.98. The van der Waals surface area contributed by atoms with Crippen LogP contribution in [0.3, 0.4) is 0 Å². The number of hydrogen-bond donors (Lipinski definition) is 0. The van der Waals surface area contributed by atoms with Gasteiger partial charge in [0.2, 0.25) is 0 Å². The van der Waals surface area contributed by atoms with E-state index in [0.29, 0.717) is 23.4 Å². The van der Waals surface area contributed by atoms with Gasteiger partial charge in [0.05, 0.1) is 11.6 Å². The Hall–Kier alpha value is -1.86. The van der Waals surface area contributed by atoms with Gasteiger partial charge in [0.1, 0.15) is 0 Å². The summed E-state index contributed by atoms with van der Waals surface area (Å²) in [6.07, 6.45) is 12.4. The van der Waals surface area contributed by atoms with Gasteiger partial charge >= 0.3 is 0 Å². The molecule has 4 saturated carbocycles. The molecule has 0 radical (unpaired) electrons. The lowest BCUT2D eigenvalue weighted by atomic mass is 9.49. The Morgan fingerprint density at radius 2 is 1.94 bits per heavy atom. The van der Waals surface area contributed by atoms with Crippen molar-refractivity contribution in [1.82, 2.24) is 4.90 Å². The molecule has 194 valence electrons. The molecule has 5 aliphatic rings. The molecule has 0 bridgehead atoms. The molecule has 4 fully saturated rings. The van der Waals surface area contributed by atoms with E-state index in [2.05, 4.69) is 31.7 Å². The zero-order valence-electron chi connectivity index (χ0n) is 22.5. The molecule has 1 aromatic carbocycles. The molecule has 1 heterocycles. The van der Waals surface area contributed by atoms with E-state index in [1.54, 1.807) is 6.07 Å². The Bertz CT molecular complexity index is 1050. The second-order valence-corrected chi connectivity index (χ2v) is 13.2. The van der Waals surface area contributed by atoms with Crippen molar-refractivity contribution in [3.05, 3.63) is 34.9 Å². The van der Waals surface area contributed by atoms with Crippen LogP contribution in [-0.4, -0.2) is 30.1 Å². The van der Waals surface area contributed by atoms with Gasteiger partial charge in [-0.25, -0.2) is 0 Å². The van der Waals surface area contributed by atoms with Crippen molar-refractivity contribution in [2.75, 3.05) is 13.2 Å². The topological polar surface area (TPSA) is 53.3 Å². The molecule has 9 atom stereocenters. The second-order valence-electron chi connectivity index (χ2n) is 13.2. The van der Waals surface area contributed by atoms with E-state index in [0.717, 1.165) is 59.8 Å². The fraction of sp³-hybridized carbons (Fsp3) is 0.750. The molecule has 1 amide bonds. The van der Waals surface area contributed by atoms with Gasteiger partial charge in [0, 0.05) is 31.4 Å². The quantitative estimate of drug-likeness (QED) is 0.457. The van der Waals surface area contributed by atoms with E-state index in [9.17, 15) is 10.1 Å². The number of benzene rings is 1. The third-order valence-electron chi connectivity index (χ3n) is 11.8. The summed E-state index contributed by atoms with van der Waals surface area (Å²) in [5, 5.41) is 9.31. The first-order valence-corrected chi connectivity index (χ1v) is 14.9. The van der Waals surface area contributed by atoms with E-state index in [4.69, 9.17) is 4.74 Å². The van der Waals surface area contributed by atoms with Crippen LogP contribution in [0.15, 0.2) is 18.2 Å². The zero-order chi connectivity index (χ0) is 25.0. The third kappa shape index (κ3) is 3.84. The highest BCUT2D eigenvalue weighted by Crippen LogP contribution is 2.65. The van der Waals surface area contributed by atoms with Crippen molar-refractivity contribution in [2.45, 2.75) is 91.1 Å². The first kappa shape index (κ1) is 24.5. The van der Waals surface area contributed by atoms with E-state index >= 15 is 0 Å². The molecule has 1 aromatic rings. The molecule has 36 heavy (non-hydrogen) atoms. The number of ether oxygens (including phenoxy) is 1. The Morgan fingerprint density at radius 3 is 2.75 bits per heavy atom. The average Bonchev–Trinajstić information content (AvgIpc) is 3.43. The predicted molar refractivity (Wildman–Crippen MR) is 141 cm³/mol. The Morgan fingerprint density at radius 1 is 1.11 bits per heavy atom. The molecule has 6 rings (SSSR count). The number of fused-ring (bicyclic) bond motifs is 6. The second kappa shape index (κ2) is 9.46. The number of hydrogen-bond acceptors (Lipinski definition) is 3. The summed E-state index contributed by atoms with van der Waals surface area (Å²) in [6, 6.07) is 8.08. The van der Waals surface area contributed by atoms with Crippen LogP contribution in [0.4, 0.5) is 0 Å². The number of nitrogens with zero attached hydrogens (tertiary/aromatic N) is 2. The number of carbonyl (C=O) groups excluding carboxylic acids is 1. The maximum Gasteiger partial charge on any atom is 0.254 e. The van der Waals surface area contributed by atoms with Crippen molar-refractivity contribution in [1.29, 1.82) is 5.26 Å². The highest BCUT2D eigenvalue weighted by Gasteiger charge is 2.58. The maximum absolute atomic E-state index is 13.4. The van der Waals surface area contributed by atoms with Crippen LogP contribution >= 0.6 is 0 Å². The summed E-state index contributed by atoms with van der Waals surface area (Å²) in [5.41, 5.74) is 2.85. The van der Waals surface area contributed by atoms with Gasteiger partial charge in [-0.2, -0.15) is 5.26 Å². The third-order valence-corrected chi connectivity index (χ3v) is 11.8. The minimum atomic E-state index is 0.173. The standard InChI is InChI=1S/C32H44N2O2/c1-4-36-19-22-6-8-25-23(16-22)7-10-28-27(25)13-14-32(3)29(11-12-30(28)32)20(2)34-18-24-15-21(17-33)5-9-26(24)31(34)35/h5,9,15,20,22-23,25,27-30H,4,6-8,10-14,16,18-19H2,1-3H3/t20-,22?,23?,25?,27?,28?,29?,30?,32?/m1/s1. The minimum Gasteiger partial charge on any atom is -0.381 e. The Labute approximate surface area is 217 Å². The lowest BCUT2D eigenvalue weighted by Crippen LogP contribution is -2.51. The van der Waals surface area contributed by atoms with E-state index < -0.39 is 0 Å². The van der Waals surface area contributed by atoms with Crippen LogP contribution < -0.4 is 0 Å². The summed E-state index contributed by atoms with van der Waals surface area (Å²) in [4.78, 5) is 15.5. The molecule has 0 spiro atoms. The van der Waals surface area contributed by atoms with Gasteiger partial charge in [-0.1, -0.05) is 6.92 Å². The largest absolute Gasteiger partial charge is 0.381 e. The zero-order valence-corrected chi connectivity index (χ0v) is 22.5. The van der Waals surface area contributed by atoms with Crippen LogP contribution in [0.25, 0.3) is 0 Å². The van der Waals surface area contributed by atoms with Gasteiger partial charge in [0.25, 0.3) is 5.91 Å². The number of carbonyl (C=O) groups is 1. The predicted octanol–water partition coefficient (Wildman–Crippen LogP) is 6.82. The van der Waals surface area contributed by atoms with Gasteiger partial charge in [-0.3, -0.25) is 4.79 Å². The molecular weight excluding hydrogens is 444 g/mol. The normalized spacial score (nSPS) is 40.1. The van der Waals surface area contributed by atoms with Gasteiger partial charge < -0.3 is 9.64 Å². The number of nitriles is 1. The first-order chi connectivity index (χ1) is 17.4. The average molecular weight is 489 g/mol. The van der Waals surface area contributed by atoms with E-state index in [-0.39, 0.29) is 11.9 Å². The SMILES string of the molecule is CCOCC1CCC2C(CCC3C2CCC2(C)C3CCC2[C@@H](C)N2Cc3cc(C#N)ccc3C2=O)C1. The Balaban J connectivity index is 1.15. The maximum atomic E-state index is 13.4. The van der Waals surface area contributed by atoms with Crippen LogP contribution in [0.2, 0.25) is 0 Å². The van der Waals surface area contributed by atoms with E-state index in [1.165, 1.54) is 57.8 Å². The molecular formula is C32H44N2O2. The van der Waals surface area contributed by atoms with Crippen LogP contribution in [-0.2, 0) is 11.3 Å². The number of rotatable bonds is 5. The van der Waals surface area contributed by atoms with Crippen molar-refractivity contribution in [2.24, 2.45) is 46.8 Å². The van der Waals surface area contributed by atoms with E-state index in [1.807, 2.05) is 12.1 Å². The highest BCUT2D eigenvalue weighted by atomic mass is 16.5. The summed E-state index contributed by atoms with van der Waals surface area (Å²) < 4.78 is 5.80. The Kier molecular flexibility index (Phi) is 6.43. The smallest absolute Gasteiger partial charge is 0.254 e. The fourth-order valence-electron chi connectivity index (χ4n) is 10.2. The van der Waals surface area contributed by atoms with Crippen LogP contribution in [0, 0.1) is 58.2 Å². The monoisotopic (exact) mass is 488 g/mol. The minimum absolute atomic E-state index is 0.173. The van der Waals surface area contributed by atoms with Crippen molar-refractivity contribution in [3.63, 3.8) is 0 Å². The fourth-order valence-corrected chi connectivity index (χ4v) is 10.2. The van der Waals surface area contributed by atoms with Crippen molar-refractivity contribution in [3.8, 4) is 6.07 Å². The van der Waals surface area contributed by atoms with Crippen molar-refractivity contribution < 1.29 is 9.53 Å². The molecule has 4 nitrogen and oxygen atoms in total. The molecule has 0 aromatic heterocycles. The summed E-state index contributed by atoms with van der Waals surface area (Å²) in [6.45, 7) is 9.52. The lowest BCUT2D eigenvalue weighted by Gasteiger charge is -2.57. The lowest BCUT2D eigenvalue weighted by molar-refractivity contribution is -0.0794. The first-order valence-electron chi connectivity index (χ1n) is 14.9. The molecule has 4 aliphatic carbocycles. The number of amides is 1. The molecule has 4 heteroatoms. The molecule has 8 unspecified atom stereocenters. The van der Waals surface area contributed by atoms with Crippen LogP contribution in [0.5, 0.6) is 0 Å². The van der Waals surface area contributed by atoms with Crippen LogP contribution in [0.1, 0.15) is 100 Å². The van der Waals surface area contributed by atoms with Gasteiger partial charge in [-0.05, 0) is 142 Å². The summed E-state index contributed by atoms with van der Waals surface area (Å²) in [7, 11) is 0. The summed E-state index contributed by atoms with van der Waals surface area (Å²) in [5.74, 6) is 6.09. The molecule has 0 N–H and O–H groups in total. The van der Waals surface area contributed by atoms with Crippen molar-refractivity contribution >= 4 is 5.91 Å².